The molecule has 0 radical (unpaired) electrons. The first kappa shape index (κ1) is 14.1. The molecule has 1 aromatic heterocycles. The maximum absolute atomic E-state index is 12.4. The second kappa shape index (κ2) is 6.28. The van der Waals surface area contributed by atoms with E-state index in [2.05, 4.69) is 15.5 Å². The van der Waals surface area contributed by atoms with Crippen molar-refractivity contribution in [2.75, 3.05) is 17.7 Å². The highest BCUT2D eigenvalue weighted by molar-refractivity contribution is 8.08. The van der Waals surface area contributed by atoms with Crippen LogP contribution >= 0.6 is 23.1 Å². The normalized spacial score (nSPS) is 14.7. The molecule has 108 valence electrons. The Balaban J connectivity index is 1.89. The van der Waals surface area contributed by atoms with Crippen molar-refractivity contribution in [1.82, 2.24) is 10.2 Å². The number of benzene rings is 1. The van der Waals surface area contributed by atoms with Gasteiger partial charge < -0.3 is 4.74 Å². The first-order valence-corrected chi connectivity index (χ1v) is 8.21. The van der Waals surface area contributed by atoms with E-state index in [0.717, 1.165) is 21.2 Å². The van der Waals surface area contributed by atoms with E-state index >= 15 is 0 Å². The average molecular weight is 319 g/mol. The van der Waals surface area contributed by atoms with Gasteiger partial charge in [0, 0.05) is 5.75 Å². The van der Waals surface area contributed by atoms with E-state index < -0.39 is 0 Å². The summed E-state index contributed by atoms with van der Waals surface area (Å²) >= 11 is 2.97. The number of nitrogens with zero attached hydrogens (tertiary/aromatic N) is 2. The minimum Gasteiger partial charge on any atom is -0.486 e. The quantitative estimate of drug-likeness (QED) is 0.942. The number of rotatable bonds is 3. The number of aryl methyl sites for hydroxylation is 1. The van der Waals surface area contributed by atoms with Crippen LogP contribution in [0.2, 0.25) is 0 Å². The number of ether oxygens (including phenoxy) is 1. The van der Waals surface area contributed by atoms with Crippen molar-refractivity contribution in [2.24, 2.45) is 0 Å². The third-order valence-corrected chi connectivity index (χ3v) is 4.61. The zero-order chi connectivity index (χ0) is 14.7. The fraction of sp³-hybridized carbons (Fsp3) is 0.214. The average Bonchev–Trinajstić information content (AvgIpc) is 2.93. The Bertz CT molecular complexity index is 683. The third-order valence-electron chi connectivity index (χ3n) is 2.77. The van der Waals surface area contributed by atoms with Gasteiger partial charge in [0.1, 0.15) is 5.01 Å². The van der Waals surface area contributed by atoms with E-state index in [1.165, 1.54) is 11.3 Å². The molecule has 5 nitrogen and oxygen atoms in total. The summed E-state index contributed by atoms with van der Waals surface area (Å²) in [6, 6.07) is 9.78. The van der Waals surface area contributed by atoms with E-state index in [-0.39, 0.29) is 5.91 Å². The van der Waals surface area contributed by atoms with Crippen LogP contribution in [0.15, 0.2) is 36.1 Å². The first-order valence-electron chi connectivity index (χ1n) is 6.41. The monoisotopic (exact) mass is 319 g/mol. The van der Waals surface area contributed by atoms with Crippen LogP contribution in [0.25, 0.3) is 4.91 Å². The van der Waals surface area contributed by atoms with Crippen molar-refractivity contribution in [1.29, 1.82) is 0 Å². The molecule has 0 bridgehead atoms. The summed E-state index contributed by atoms with van der Waals surface area (Å²) in [7, 11) is 0. The van der Waals surface area contributed by atoms with Crippen molar-refractivity contribution >= 4 is 39.0 Å². The number of thioether (sulfide) groups is 1. The predicted octanol–water partition coefficient (Wildman–Crippen LogP) is 2.92. The van der Waals surface area contributed by atoms with Crippen molar-refractivity contribution < 1.29 is 9.53 Å². The van der Waals surface area contributed by atoms with Crippen LogP contribution in [0.5, 0.6) is 0 Å². The van der Waals surface area contributed by atoms with Crippen LogP contribution < -0.4 is 5.32 Å². The molecule has 0 atom stereocenters. The lowest BCUT2D eigenvalue weighted by molar-refractivity contribution is -0.115. The van der Waals surface area contributed by atoms with Crippen LogP contribution in [-0.4, -0.2) is 28.5 Å². The highest BCUT2D eigenvalue weighted by atomic mass is 32.2. The van der Waals surface area contributed by atoms with Crippen molar-refractivity contribution in [3.63, 3.8) is 0 Å². The Labute approximate surface area is 130 Å². The minimum absolute atomic E-state index is 0.280. The Kier molecular flexibility index (Phi) is 4.21. The number of carbonyl (C=O) groups excluding carboxylic acids is 1. The van der Waals surface area contributed by atoms with Crippen LogP contribution in [0.4, 0.5) is 5.13 Å². The highest BCUT2D eigenvalue weighted by Gasteiger charge is 2.23. The summed E-state index contributed by atoms with van der Waals surface area (Å²) in [5, 5.41) is 11.8. The molecule has 2 aromatic rings. The molecule has 0 saturated heterocycles. The fourth-order valence-corrected chi connectivity index (χ4v) is 3.44. The number of hydrogen-bond donors (Lipinski definition) is 1. The molecule has 1 aliphatic rings. The van der Waals surface area contributed by atoms with E-state index in [1.807, 2.05) is 37.3 Å². The molecule has 3 rings (SSSR count). The topological polar surface area (TPSA) is 64.1 Å². The molecule has 21 heavy (non-hydrogen) atoms. The number of hydrogen-bond acceptors (Lipinski definition) is 6. The van der Waals surface area contributed by atoms with Gasteiger partial charge in [-0.2, -0.15) is 0 Å². The van der Waals surface area contributed by atoms with E-state index in [0.29, 0.717) is 17.5 Å². The Morgan fingerprint density at radius 1 is 1.29 bits per heavy atom. The second-order valence-corrected chi connectivity index (χ2v) is 6.59. The zero-order valence-corrected chi connectivity index (χ0v) is 13.0. The largest absolute Gasteiger partial charge is 0.486 e. The van der Waals surface area contributed by atoms with Crippen molar-refractivity contribution in [3.8, 4) is 0 Å². The van der Waals surface area contributed by atoms with Gasteiger partial charge in [-0.1, -0.05) is 41.7 Å². The van der Waals surface area contributed by atoms with Crippen LogP contribution in [0.3, 0.4) is 0 Å². The molecule has 0 fully saturated rings. The van der Waals surface area contributed by atoms with Gasteiger partial charge in [-0.25, -0.2) is 0 Å². The van der Waals surface area contributed by atoms with Gasteiger partial charge in [0.2, 0.25) is 5.13 Å². The van der Waals surface area contributed by atoms with Gasteiger partial charge in [-0.3, -0.25) is 10.1 Å². The third kappa shape index (κ3) is 3.25. The lowest BCUT2D eigenvalue weighted by Crippen LogP contribution is -2.21. The summed E-state index contributed by atoms with van der Waals surface area (Å²) in [5.41, 5.74) is 0.987. The number of amides is 1. The molecule has 1 N–H and O–H groups in total. The van der Waals surface area contributed by atoms with Crippen LogP contribution in [-0.2, 0) is 9.53 Å². The van der Waals surface area contributed by atoms with E-state index in [4.69, 9.17) is 4.74 Å². The minimum atomic E-state index is -0.280. The molecule has 1 amide bonds. The number of anilines is 1. The molecule has 7 heteroatoms. The van der Waals surface area contributed by atoms with Gasteiger partial charge in [0.15, 0.2) is 5.76 Å². The number of carbonyl (C=O) groups is 1. The maximum atomic E-state index is 12.4. The number of aromatic nitrogens is 2. The Hall–Kier alpha value is -1.86. The summed E-state index contributed by atoms with van der Waals surface area (Å²) in [6.45, 7) is 2.37. The lowest BCUT2D eigenvalue weighted by atomic mass is 10.2. The predicted molar refractivity (Wildman–Crippen MR) is 85.0 cm³/mol. The zero-order valence-electron chi connectivity index (χ0n) is 11.3. The standard InChI is InChI=1S/C14H13N3O2S2/c1-9-16-17-14(21-9)15-13(18)11-12(20-8-7-19-11)10-5-3-2-4-6-10/h2-6H,7-8H2,1H3,(H,15,17,18). The fourth-order valence-electron chi connectivity index (χ4n) is 1.89. The molecule has 1 aromatic carbocycles. The molecular formula is C14H13N3O2S2. The Morgan fingerprint density at radius 3 is 2.81 bits per heavy atom. The Morgan fingerprint density at radius 2 is 2.10 bits per heavy atom. The van der Waals surface area contributed by atoms with Gasteiger partial charge in [0.25, 0.3) is 5.91 Å². The van der Waals surface area contributed by atoms with Gasteiger partial charge in [0.05, 0.1) is 11.5 Å². The van der Waals surface area contributed by atoms with Crippen molar-refractivity contribution in [2.45, 2.75) is 6.92 Å². The van der Waals surface area contributed by atoms with Gasteiger partial charge in [-0.05, 0) is 12.5 Å². The molecule has 1 aliphatic heterocycles. The van der Waals surface area contributed by atoms with Crippen LogP contribution in [0.1, 0.15) is 10.6 Å². The number of nitrogens with one attached hydrogen (secondary N) is 1. The second-order valence-electron chi connectivity index (χ2n) is 4.30. The summed E-state index contributed by atoms with van der Waals surface area (Å²) in [5.74, 6) is 0.904. The molecule has 0 saturated carbocycles. The van der Waals surface area contributed by atoms with E-state index in [9.17, 15) is 4.79 Å². The molecule has 0 aliphatic carbocycles. The molecular weight excluding hydrogens is 306 g/mol. The van der Waals surface area contributed by atoms with E-state index in [1.54, 1.807) is 11.8 Å². The highest BCUT2D eigenvalue weighted by Crippen LogP contribution is 2.35. The maximum Gasteiger partial charge on any atom is 0.293 e. The van der Waals surface area contributed by atoms with Gasteiger partial charge >= 0.3 is 0 Å². The van der Waals surface area contributed by atoms with Crippen molar-refractivity contribution in [3.05, 3.63) is 46.7 Å². The molecule has 0 unspecified atom stereocenters. The van der Waals surface area contributed by atoms with Crippen LogP contribution in [0, 0.1) is 6.92 Å². The summed E-state index contributed by atoms with van der Waals surface area (Å²) < 4.78 is 5.59. The lowest BCUT2D eigenvalue weighted by Gasteiger charge is -2.20. The smallest absolute Gasteiger partial charge is 0.293 e. The summed E-state index contributed by atoms with van der Waals surface area (Å²) in [4.78, 5) is 13.3. The molecule has 0 spiro atoms. The SMILES string of the molecule is Cc1nnc(NC(=O)C2=C(c3ccccc3)SCCO2)s1. The van der Waals surface area contributed by atoms with Gasteiger partial charge in [-0.15, -0.1) is 22.0 Å². The molecule has 2 heterocycles. The first-order chi connectivity index (χ1) is 10.2. The summed E-state index contributed by atoms with van der Waals surface area (Å²) in [6.07, 6.45) is 0.